The average molecular weight is 627 g/mol. The Morgan fingerprint density at radius 1 is 0.870 bits per heavy atom. The van der Waals surface area contributed by atoms with E-state index >= 15 is 0 Å². The van der Waals surface area contributed by atoms with Gasteiger partial charge in [0.05, 0.1) is 25.6 Å². The number of carbonyl (C=O) groups excluding carboxylic acids is 2. The molecule has 0 spiro atoms. The predicted octanol–water partition coefficient (Wildman–Crippen LogP) is 6.55. The molecule has 0 saturated carbocycles. The van der Waals surface area contributed by atoms with Crippen LogP contribution in [0.2, 0.25) is 0 Å². The van der Waals surface area contributed by atoms with Crippen LogP contribution < -0.4 is 24.8 Å². The van der Waals surface area contributed by atoms with Crippen molar-refractivity contribution in [3.63, 3.8) is 0 Å². The molecule has 1 aromatic heterocycles. The summed E-state index contributed by atoms with van der Waals surface area (Å²) in [5.41, 5.74) is 5.10. The number of aryl methyl sites for hydroxylation is 1. The molecule has 242 valence electrons. The predicted molar refractivity (Wildman–Crippen MR) is 181 cm³/mol. The second-order valence-corrected chi connectivity index (χ2v) is 10.7. The number of hydrogen-bond acceptors (Lipinski definition) is 9. The van der Waals surface area contributed by atoms with Gasteiger partial charge in [0.2, 0.25) is 11.8 Å². The molecule has 0 atom stereocenters. The molecule has 3 aromatic carbocycles. The molecule has 0 saturated heterocycles. The molecule has 2 N–H and O–H groups in total. The zero-order valence-electron chi connectivity index (χ0n) is 27.5. The summed E-state index contributed by atoms with van der Waals surface area (Å²) in [4.78, 5) is 39.5. The summed E-state index contributed by atoms with van der Waals surface area (Å²) >= 11 is 0. The first-order valence-electron chi connectivity index (χ1n) is 15.2. The van der Waals surface area contributed by atoms with Crippen LogP contribution in [-0.4, -0.2) is 79.2 Å². The molecule has 0 bridgehead atoms. The standard InChI is InChI=1S/C35H42N6O5/c1-8-41(9-2)19-18-40(5)33(42)25-13-11-14-26(20-25)36-34-37-30(28-15-10-12-23(3)24(28)4)22-32(39-34)46-35(43)38-29-17-16-27(44-6)21-31(29)45-7/h10-17,20-22H,8-9,18-19H2,1-7H3,(H,38,43)(H,36,37,39). The van der Waals surface area contributed by atoms with Gasteiger partial charge in [-0.15, -0.1) is 0 Å². The van der Waals surface area contributed by atoms with Crippen LogP contribution in [0, 0.1) is 13.8 Å². The summed E-state index contributed by atoms with van der Waals surface area (Å²) in [5.74, 6) is 1.13. The zero-order chi connectivity index (χ0) is 33.2. The Bertz CT molecular complexity index is 1670. The third-order valence-electron chi connectivity index (χ3n) is 7.78. The number of amides is 2. The topological polar surface area (TPSA) is 118 Å². The van der Waals surface area contributed by atoms with Crippen LogP contribution >= 0.6 is 0 Å². The minimum Gasteiger partial charge on any atom is -0.497 e. The highest BCUT2D eigenvalue weighted by atomic mass is 16.6. The Labute approximate surface area is 270 Å². The van der Waals surface area contributed by atoms with Crippen molar-refractivity contribution in [3.05, 3.63) is 83.4 Å². The molecule has 11 heteroatoms. The molecule has 46 heavy (non-hydrogen) atoms. The van der Waals surface area contributed by atoms with Crippen molar-refractivity contribution in [2.75, 3.05) is 58.1 Å². The van der Waals surface area contributed by atoms with Crippen LogP contribution in [0.3, 0.4) is 0 Å². The number of ether oxygens (including phenoxy) is 3. The average Bonchev–Trinajstić information content (AvgIpc) is 3.06. The zero-order valence-corrected chi connectivity index (χ0v) is 27.5. The minimum absolute atomic E-state index is 0.0294. The first-order chi connectivity index (χ1) is 22.1. The van der Waals surface area contributed by atoms with Crippen LogP contribution in [0.1, 0.15) is 35.3 Å². The normalized spacial score (nSPS) is 10.8. The number of carbonyl (C=O) groups is 2. The molecule has 4 aromatic rings. The molecule has 1 heterocycles. The van der Waals surface area contributed by atoms with Gasteiger partial charge < -0.3 is 29.3 Å². The van der Waals surface area contributed by atoms with Crippen LogP contribution in [0.4, 0.5) is 22.1 Å². The number of benzene rings is 3. The van der Waals surface area contributed by atoms with Gasteiger partial charge in [-0.25, -0.2) is 9.78 Å². The highest BCUT2D eigenvalue weighted by Gasteiger charge is 2.17. The van der Waals surface area contributed by atoms with Crippen LogP contribution in [-0.2, 0) is 0 Å². The number of nitrogens with one attached hydrogen (secondary N) is 2. The number of aromatic nitrogens is 2. The summed E-state index contributed by atoms with van der Waals surface area (Å²) in [6.07, 6.45) is -0.764. The van der Waals surface area contributed by atoms with Crippen LogP contribution in [0.25, 0.3) is 11.3 Å². The Kier molecular flexibility index (Phi) is 11.5. The van der Waals surface area contributed by atoms with Crippen molar-refractivity contribution in [2.24, 2.45) is 0 Å². The van der Waals surface area contributed by atoms with E-state index in [-0.39, 0.29) is 17.7 Å². The molecule has 0 fully saturated rings. The van der Waals surface area contributed by atoms with Gasteiger partial charge in [0, 0.05) is 49.1 Å². The van der Waals surface area contributed by atoms with Gasteiger partial charge in [0.1, 0.15) is 11.5 Å². The lowest BCUT2D eigenvalue weighted by Crippen LogP contribution is -2.36. The van der Waals surface area contributed by atoms with Crippen molar-refractivity contribution < 1.29 is 23.8 Å². The van der Waals surface area contributed by atoms with Crippen molar-refractivity contribution >= 4 is 29.3 Å². The SMILES string of the molecule is CCN(CC)CCN(C)C(=O)c1cccc(Nc2nc(OC(=O)Nc3ccc(OC)cc3OC)cc(-c3cccc(C)c3C)n2)c1. The van der Waals surface area contributed by atoms with Crippen LogP contribution in [0.15, 0.2) is 66.7 Å². The molecule has 11 nitrogen and oxygen atoms in total. The minimum atomic E-state index is -0.764. The van der Waals surface area contributed by atoms with E-state index in [1.54, 1.807) is 61.5 Å². The van der Waals surface area contributed by atoms with Gasteiger partial charge in [-0.05, 0) is 68.4 Å². The van der Waals surface area contributed by atoms with Gasteiger partial charge in [-0.2, -0.15) is 4.98 Å². The van der Waals surface area contributed by atoms with Gasteiger partial charge in [-0.1, -0.05) is 38.1 Å². The second kappa shape index (κ2) is 15.7. The van der Waals surface area contributed by atoms with E-state index in [0.717, 1.165) is 36.3 Å². The van der Waals surface area contributed by atoms with E-state index in [0.29, 0.717) is 40.7 Å². The number of likely N-dealkylation sites (N-methyl/N-ethyl adjacent to an activating group) is 2. The third kappa shape index (κ3) is 8.51. The summed E-state index contributed by atoms with van der Waals surface area (Å²) < 4.78 is 16.3. The number of nitrogens with zero attached hydrogens (tertiary/aromatic N) is 4. The van der Waals surface area contributed by atoms with Gasteiger partial charge >= 0.3 is 6.09 Å². The Morgan fingerprint density at radius 3 is 2.35 bits per heavy atom. The second-order valence-electron chi connectivity index (χ2n) is 10.7. The highest BCUT2D eigenvalue weighted by molar-refractivity contribution is 5.95. The van der Waals surface area contributed by atoms with Gasteiger partial charge in [0.15, 0.2) is 0 Å². The maximum absolute atomic E-state index is 13.2. The quantitative estimate of drug-likeness (QED) is 0.170. The lowest BCUT2D eigenvalue weighted by molar-refractivity contribution is 0.0779. The van der Waals surface area contributed by atoms with E-state index in [1.165, 1.54) is 7.11 Å². The highest BCUT2D eigenvalue weighted by Crippen LogP contribution is 2.31. The maximum Gasteiger partial charge on any atom is 0.418 e. The van der Waals surface area contributed by atoms with Gasteiger partial charge in [-0.3, -0.25) is 10.1 Å². The summed E-state index contributed by atoms with van der Waals surface area (Å²) in [5, 5.41) is 5.90. The molecule has 0 radical (unpaired) electrons. The Hall–Kier alpha value is -5.16. The first-order valence-corrected chi connectivity index (χ1v) is 15.2. The van der Waals surface area contributed by atoms with E-state index in [4.69, 9.17) is 19.2 Å². The monoisotopic (exact) mass is 626 g/mol. The molecular formula is C35H42N6O5. The number of rotatable bonds is 13. The number of methoxy groups -OCH3 is 2. The summed E-state index contributed by atoms with van der Waals surface area (Å²) in [6.45, 7) is 11.5. The fourth-order valence-electron chi connectivity index (χ4n) is 4.84. The molecule has 4 rings (SSSR count). The van der Waals surface area contributed by atoms with Crippen molar-refractivity contribution in [1.82, 2.24) is 19.8 Å². The van der Waals surface area contributed by atoms with Crippen molar-refractivity contribution in [2.45, 2.75) is 27.7 Å². The molecule has 2 amide bonds. The summed E-state index contributed by atoms with van der Waals surface area (Å²) in [7, 11) is 4.85. The third-order valence-corrected chi connectivity index (χ3v) is 7.78. The smallest absolute Gasteiger partial charge is 0.418 e. The van der Waals surface area contributed by atoms with E-state index in [9.17, 15) is 9.59 Å². The van der Waals surface area contributed by atoms with E-state index in [2.05, 4.69) is 34.4 Å². The van der Waals surface area contributed by atoms with Gasteiger partial charge in [0.25, 0.3) is 5.91 Å². The molecule has 0 unspecified atom stereocenters. The van der Waals surface area contributed by atoms with Crippen molar-refractivity contribution in [3.8, 4) is 28.6 Å². The summed E-state index contributed by atoms with van der Waals surface area (Å²) in [6, 6.07) is 19.7. The van der Waals surface area contributed by atoms with E-state index < -0.39 is 6.09 Å². The Morgan fingerprint density at radius 2 is 1.63 bits per heavy atom. The molecular weight excluding hydrogens is 584 g/mol. The first kappa shape index (κ1) is 33.7. The molecule has 0 aliphatic rings. The number of anilines is 3. The lowest BCUT2D eigenvalue weighted by atomic mass is 10.0. The molecule has 0 aliphatic carbocycles. The maximum atomic E-state index is 13.2. The number of hydrogen-bond donors (Lipinski definition) is 2. The van der Waals surface area contributed by atoms with Crippen LogP contribution in [0.5, 0.6) is 17.4 Å². The lowest BCUT2D eigenvalue weighted by Gasteiger charge is -2.23. The fourth-order valence-corrected chi connectivity index (χ4v) is 4.84. The fraction of sp³-hybridized carbons (Fsp3) is 0.314. The largest absolute Gasteiger partial charge is 0.497 e. The molecule has 0 aliphatic heterocycles. The Balaban J connectivity index is 1.60. The van der Waals surface area contributed by atoms with E-state index in [1.807, 2.05) is 38.1 Å². The van der Waals surface area contributed by atoms with Crippen molar-refractivity contribution in [1.29, 1.82) is 0 Å².